The molecule has 1 saturated carbocycles. The Kier molecular flexibility index (Phi) is 9.80. The number of nitrogens with two attached hydrogens (primary N) is 1. The zero-order valence-electron chi connectivity index (χ0n) is 14.0. The van der Waals surface area contributed by atoms with Crippen molar-refractivity contribution in [2.75, 3.05) is 20.3 Å². The Hall–Kier alpha value is -0.0800. The van der Waals surface area contributed by atoms with Crippen molar-refractivity contribution < 1.29 is 9.47 Å². The first kappa shape index (κ1) is 20.9. The number of aliphatic imine (C=N–C) groups is 1. The third-order valence-electron chi connectivity index (χ3n) is 4.05. The zero-order chi connectivity index (χ0) is 15.2. The van der Waals surface area contributed by atoms with Crippen LogP contribution in [0.5, 0.6) is 0 Å². The number of halogens is 1. The first-order valence-corrected chi connectivity index (χ1v) is 7.62. The maximum Gasteiger partial charge on any atom is 0.189 e. The first-order chi connectivity index (χ1) is 9.41. The van der Waals surface area contributed by atoms with Crippen LogP contribution in [0.4, 0.5) is 0 Å². The first-order valence-electron chi connectivity index (χ1n) is 7.62. The van der Waals surface area contributed by atoms with Crippen molar-refractivity contribution in [2.24, 2.45) is 16.1 Å². The molecule has 6 heteroatoms. The predicted molar refractivity (Wildman–Crippen MR) is 98.3 cm³/mol. The summed E-state index contributed by atoms with van der Waals surface area (Å²) in [4.78, 5) is 4.58. The van der Waals surface area contributed by atoms with E-state index in [2.05, 4.69) is 31.1 Å². The van der Waals surface area contributed by atoms with E-state index in [0.717, 1.165) is 19.4 Å². The summed E-state index contributed by atoms with van der Waals surface area (Å²) in [5.41, 5.74) is 6.01. The molecular weight excluding hydrogens is 381 g/mol. The van der Waals surface area contributed by atoms with E-state index in [1.165, 1.54) is 6.42 Å². The van der Waals surface area contributed by atoms with Crippen molar-refractivity contribution in [3.05, 3.63) is 0 Å². The Labute approximate surface area is 146 Å². The molecule has 3 atom stereocenters. The van der Waals surface area contributed by atoms with Gasteiger partial charge in [-0.25, -0.2) is 4.99 Å². The van der Waals surface area contributed by atoms with Crippen molar-refractivity contribution in [3.63, 3.8) is 0 Å². The van der Waals surface area contributed by atoms with Crippen LogP contribution in [-0.2, 0) is 9.47 Å². The largest absolute Gasteiger partial charge is 0.383 e. The second-order valence-electron chi connectivity index (χ2n) is 6.30. The Morgan fingerprint density at radius 1 is 1.48 bits per heavy atom. The van der Waals surface area contributed by atoms with E-state index in [4.69, 9.17) is 15.2 Å². The minimum atomic E-state index is 0. The van der Waals surface area contributed by atoms with E-state index in [9.17, 15) is 0 Å². The number of ether oxygens (including phenoxy) is 2. The lowest BCUT2D eigenvalue weighted by Gasteiger charge is -2.49. The maximum atomic E-state index is 5.95. The third-order valence-corrected chi connectivity index (χ3v) is 4.05. The molecule has 21 heavy (non-hydrogen) atoms. The van der Waals surface area contributed by atoms with Crippen LogP contribution in [0, 0.1) is 5.41 Å². The fourth-order valence-electron chi connectivity index (χ4n) is 2.49. The molecule has 1 aliphatic rings. The van der Waals surface area contributed by atoms with Gasteiger partial charge in [0.25, 0.3) is 0 Å². The molecule has 0 bridgehead atoms. The molecule has 0 aromatic carbocycles. The number of rotatable bonds is 8. The fraction of sp³-hybridized carbons (Fsp3) is 0.933. The highest BCUT2D eigenvalue weighted by Gasteiger charge is 2.49. The molecule has 3 unspecified atom stereocenters. The average Bonchev–Trinajstić information content (AvgIpc) is 2.37. The third kappa shape index (κ3) is 6.28. The van der Waals surface area contributed by atoms with E-state index >= 15 is 0 Å². The SMILES string of the molecule is CCCCOC1CC(N=C(N)NC(C)COC)C1(C)C.I. The highest BCUT2D eigenvalue weighted by molar-refractivity contribution is 14.0. The topological polar surface area (TPSA) is 68.9 Å². The van der Waals surface area contributed by atoms with Gasteiger partial charge in [0.15, 0.2) is 5.96 Å². The van der Waals surface area contributed by atoms with Gasteiger partial charge in [0, 0.05) is 25.2 Å². The quantitative estimate of drug-likeness (QED) is 0.278. The minimum absolute atomic E-state index is 0. The monoisotopic (exact) mass is 413 g/mol. The fourth-order valence-corrected chi connectivity index (χ4v) is 2.49. The van der Waals surface area contributed by atoms with Crippen LogP contribution in [0.25, 0.3) is 0 Å². The Balaban J connectivity index is 0.00000400. The van der Waals surface area contributed by atoms with Gasteiger partial charge in [-0.3, -0.25) is 0 Å². The number of hydrogen-bond acceptors (Lipinski definition) is 3. The van der Waals surface area contributed by atoms with Gasteiger partial charge in [0.1, 0.15) is 0 Å². The summed E-state index contributed by atoms with van der Waals surface area (Å²) in [5, 5.41) is 3.15. The molecule has 126 valence electrons. The molecule has 5 nitrogen and oxygen atoms in total. The number of guanidine groups is 1. The summed E-state index contributed by atoms with van der Waals surface area (Å²) in [6.45, 7) is 10.1. The normalized spacial score (nSPS) is 25.7. The Bertz CT molecular complexity index is 324. The number of methoxy groups -OCH3 is 1. The predicted octanol–water partition coefficient (Wildman–Crippen LogP) is 2.53. The van der Waals surface area contributed by atoms with Crippen LogP contribution in [0.3, 0.4) is 0 Å². The lowest BCUT2D eigenvalue weighted by Crippen LogP contribution is -2.55. The summed E-state index contributed by atoms with van der Waals surface area (Å²) < 4.78 is 11.0. The van der Waals surface area contributed by atoms with E-state index in [1.54, 1.807) is 7.11 Å². The summed E-state index contributed by atoms with van der Waals surface area (Å²) in [7, 11) is 1.68. The van der Waals surface area contributed by atoms with Gasteiger partial charge in [-0.05, 0) is 19.8 Å². The van der Waals surface area contributed by atoms with Gasteiger partial charge < -0.3 is 20.5 Å². The molecule has 1 rings (SSSR count). The lowest BCUT2D eigenvalue weighted by atomic mass is 9.65. The number of nitrogens with one attached hydrogen (secondary N) is 1. The summed E-state index contributed by atoms with van der Waals surface area (Å²) in [6.07, 6.45) is 3.55. The second kappa shape index (κ2) is 9.84. The molecule has 0 aliphatic heterocycles. The Morgan fingerprint density at radius 2 is 2.14 bits per heavy atom. The molecule has 0 heterocycles. The molecule has 0 amide bonds. The van der Waals surface area contributed by atoms with Crippen LogP contribution < -0.4 is 11.1 Å². The minimum Gasteiger partial charge on any atom is -0.383 e. The van der Waals surface area contributed by atoms with Gasteiger partial charge in [-0.15, -0.1) is 24.0 Å². The summed E-state index contributed by atoms with van der Waals surface area (Å²) in [6, 6.07) is 0.403. The van der Waals surface area contributed by atoms with E-state index in [-0.39, 0.29) is 41.5 Å². The van der Waals surface area contributed by atoms with Gasteiger partial charge in [-0.1, -0.05) is 27.2 Å². The van der Waals surface area contributed by atoms with Gasteiger partial charge >= 0.3 is 0 Å². The molecule has 0 spiro atoms. The molecule has 1 fully saturated rings. The van der Waals surface area contributed by atoms with E-state index in [1.807, 2.05) is 6.92 Å². The Morgan fingerprint density at radius 3 is 2.67 bits per heavy atom. The molecule has 0 saturated heterocycles. The van der Waals surface area contributed by atoms with Gasteiger partial charge in [-0.2, -0.15) is 0 Å². The second-order valence-corrected chi connectivity index (χ2v) is 6.30. The molecule has 0 aromatic heterocycles. The van der Waals surface area contributed by atoms with Crippen molar-refractivity contribution in [1.82, 2.24) is 5.32 Å². The van der Waals surface area contributed by atoms with Crippen molar-refractivity contribution in [3.8, 4) is 0 Å². The van der Waals surface area contributed by atoms with Gasteiger partial charge in [0.05, 0.1) is 18.8 Å². The van der Waals surface area contributed by atoms with Crippen molar-refractivity contribution >= 4 is 29.9 Å². The van der Waals surface area contributed by atoms with Crippen LogP contribution >= 0.6 is 24.0 Å². The molecular formula is C15H32IN3O2. The highest BCUT2D eigenvalue weighted by Crippen LogP contribution is 2.44. The molecule has 0 radical (unpaired) electrons. The average molecular weight is 413 g/mol. The van der Waals surface area contributed by atoms with Crippen LogP contribution in [0.2, 0.25) is 0 Å². The standard InChI is InChI=1S/C15H31N3O2.HI/c1-6-7-8-20-13-9-12(15(13,3)4)18-14(16)17-11(2)10-19-5;/h11-13H,6-10H2,1-5H3,(H3,16,17,18);1H. The maximum absolute atomic E-state index is 5.95. The number of hydrogen-bond donors (Lipinski definition) is 2. The zero-order valence-corrected chi connectivity index (χ0v) is 16.3. The summed E-state index contributed by atoms with van der Waals surface area (Å²) in [5.74, 6) is 0.500. The van der Waals surface area contributed by atoms with Crippen molar-refractivity contribution in [1.29, 1.82) is 0 Å². The van der Waals surface area contributed by atoms with Gasteiger partial charge in [0.2, 0.25) is 0 Å². The van der Waals surface area contributed by atoms with E-state index in [0.29, 0.717) is 18.7 Å². The molecule has 3 N–H and O–H groups in total. The lowest BCUT2D eigenvalue weighted by molar-refractivity contribution is -0.107. The van der Waals surface area contributed by atoms with Crippen LogP contribution in [0.1, 0.15) is 47.0 Å². The number of unbranched alkanes of at least 4 members (excludes halogenated alkanes) is 1. The molecule has 1 aliphatic carbocycles. The highest BCUT2D eigenvalue weighted by atomic mass is 127. The van der Waals surface area contributed by atoms with E-state index < -0.39 is 0 Å². The summed E-state index contributed by atoms with van der Waals surface area (Å²) >= 11 is 0. The van der Waals surface area contributed by atoms with Crippen LogP contribution in [-0.4, -0.2) is 44.5 Å². The molecule has 0 aromatic rings. The van der Waals surface area contributed by atoms with Crippen molar-refractivity contribution in [2.45, 2.75) is 65.1 Å². The number of nitrogens with zero attached hydrogens (tertiary/aromatic N) is 1. The van der Waals surface area contributed by atoms with Crippen LogP contribution in [0.15, 0.2) is 4.99 Å². The smallest absolute Gasteiger partial charge is 0.189 e.